The summed E-state index contributed by atoms with van der Waals surface area (Å²) >= 11 is 0. The molecule has 0 saturated carbocycles. The zero-order valence-electron chi connectivity index (χ0n) is 11.8. The minimum Gasteiger partial charge on any atom is -0.464 e. The molecule has 114 valence electrons. The van der Waals surface area contributed by atoms with Crippen molar-refractivity contribution in [3.05, 3.63) is 0 Å². The van der Waals surface area contributed by atoms with Gasteiger partial charge < -0.3 is 14.2 Å². The van der Waals surface area contributed by atoms with Gasteiger partial charge in [0.05, 0.1) is 39.3 Å². The molecule has 0 aliphatic carbocycles. The largest absolute Gasteiger partial charge is 0.464 e. The van der Waals surface area contributed by atoms with Crippen molar-refractivity contribution < 1.29 is 31.6 Å². The second kappa shape index (κ2) is 8.47. The first kappa shape index (κ1) is 18.3. The second-order valence-corrected chi connectivity index (χ2v) is 5.86. The topological polar surface area (TPSA) is 88.1 Å². The van der Waals surface area contributed by atoms with E-state index in [0.717, 1.165) is 6.26 Å². The fourth-order valence-corrected chi connectivity index (χ4v) is 1.44. The van der Waals surface area contributed by atoms with Crippen LogP contribution in [0.1, 0.15) is 20.8 Å². The van der Waals surface area contributed by atoms with Crippen molar-refractivity contribution >= 4 is 16.1 Å². The number of ether oxygens (including phenoxy) is 3. The van der Waals surface area contributed by atoms with Crippen LogP contribution in [0.15, 0.2) is 0 Å². The summed E-state index contributed by atoms with van der Waals surface area (Å²) < 4.78 is 41.0. The van der Waals surface area contributed by atoms with Gasteiger partial charge in [0.25, 0.3) is 10.1 Å². The van der Waals surface area contributed by atoms with Crippen LogP contribution in [-0.2, 0) is 33.3 Å². The van der Waals surface area contributed by atoms with Gasteiger partial charge >= 0.3 is 5.97 Å². The minimum absolute atomic E-state index is 0.0416. The van der Waals surface area contributed by atoms with Crippen molar-refractivity contribution in [1.82, 2.24) is 0 Å². The van der Waals surface area contributed by atoms with Crippen LogP contribution in [0.3, 0.4) is 0 Å². The molecule has 0 radical (unpaired) electrons. The van der Waals surface area contributed by atoms with Gasteiger partial charge in [-0.2, -0.15) is 8.42 Å². The molecular weight excluding hydrogens is 276 g/mol. The molecule has 0 aromatic rings. The van der Waals surface area contributed by atoms with Crippen LogP contribution < -0.4 is 0 Å². The van der Waals surface area contributed by atoms with Crippen molar-refractivity contribution in [1.29, 1.82) is 0 Å². The third kappa shape index (κ3) is 9.83. The molecule has 0 saturated heterocycles. The zero-order chi connectivity index (χ0) is 14.9. The molecule has 0 spiro atoms. The summed E-state index contributed by atoms with van der Waals surface area (Å²) in [5.41, 5.74) is -1.03. The average Bonchev–Trinajstić information content (AvgIpc) is 2.26. The molecule has 0 aromatic heterocycles. The van der Waals surface area contributed by atoms with Crippen LogP contribution in [0, 0.1) is 0 Å². The lowest BCUT2D eigenvalue weighted by molar-refractivity contribution is -0.169. The fourth-order valence-electron chi connectivity index (χ4n) is 1.07. The van der Waals surface area contributed by atoms with Crippen LogP contribution >= 0.6 is 0 Å². The van der Waals surface area contributed by atoms with Crippen molar-refractivity contribution in [3.63, 3.8) is 0 Å². The van der Waals surface area contributed by atoms with Crippen LogP contribution in [0.25, 0.3) is 0 Å². The molecule has 0 aromatic carbocycles. The summed E-state index contributed by atoms with van der Waals surface area (Å²) in [4.78, 5) is 11.5. The Morgan fingerprint density at radius 3 is 2.21 bits per heavy atom. The van der Waals surface area contributed by atoms with E-state index in [1.54, 1.807) is 20.8 Å². The molecule has 19 heavy (non-hydrogen) atoms. The van der Waals surface area contributed by atoms with E-state index in [1.807, 2.05) is 0 Å². The fraction of sp³-hybridized carbons (Fsp3) is 0.909. The van der Waals surface area contributed by atoms with E-state index in [1.165, 1.54) is 0 Å². The molecule has 0 aliphatic rings. The zero-order valence-corrected chi connectivity index (χ0v) is 12.6. The Balaban J connectivity index is 3.66. The standard InChI is InChI=1S/C11H22O7S/c1-5-16-10(12)11(2,3)17-8-6-15-7-9-18-19(4,13)14/h5-9H2,1-4H3. The van der Waals surface area contributed by atoms with Gasteiger partial charge in [-0.25, -0.2) is 4.79 Å². The number of hydrogen-bond donors (Lipinski definition) is 0. The smallest absolute Gasteiger partial charge is 0.337 e. The Morgan fingerprint density at radius 1 is 1.11 bits per heavy atom. The molecule has 0 unspecified atom stereocenters. The maximum absolute atomic E-state index is 11.5. The molecule has 0 N–H and O–H groups in total. The summed E-state index contributed by atoms with van der Waals surface area (Å²) in [6, 6.07) is 0. The summed E-state index contributed by atoms with van der Waals surface area (Å²) in [7, 11) is -3.43. The molecule has 0 fully saturated rings. The first-order valence-electron chi connectivity index (χ1n) is 5.92. The quantitative estimate of drug-likeness (QED) is 0.326. The summed E-state index contributed by atoms with van der Waals surface area (Å²) in [6.45, 7) is 5.76. The summed E-state index contributed by atoms with van der Waals surface area (Å²) in [6.07, 6.45) is 0.970. The number of rotatable bonds is 10. The highest BCUT2D eigenvalue weighted by molar-refractivity contribution is 7.85. The number of hydrogen-bond acceptors (Lipinski definition) is 7. The van der Waals surface area contributed by atoms with Crippen molar-refractivity contribution in [3.8, 4) is 0 Å². The van der Waals surface area contributed by atoms with Crippen LogP contribution in [0.2, 0.25) is 0 Å². The monoisotopic (exact) mass is 298 g/mol. The van der Waals surface area contributed by atoms with E-state index in [2.05, 4.69) is 4.18 Å². The molecule has 0 aliphatic heterocycles. The van der Waals surface area contributed by atoms with E-state index >= 15 is 0 Å². The molecule has 0 atom stereocenters. The van der Waals surface area contributed by atoms with Gasteiger partial charge in [-0.3, -0.25) is 4.18 Å². The SMILES string of the molecule is CCOC(=O)C(C)(C)OCCOCCOS(C)(=O)=O. The predicted molar refractivity (Wildman–Crippen MR) is 68.3 cm³/mol. The Hall–Kier alpha value is -0.700. The van der Waals surface area contributed by atoms with Gasteiger partial charge in [0.1, 0.15) is 0 Å². The Labute approximate surface area is 114 Å². The molecule has 7 nitrogen and oxygen atoms in total. The highest BCUT2D eigenvalue weighted by Gasteiger charge is 2.29. The van der Waals surface area contributed by atoms with Crippen LogP contribution in [-0.4, -0.2) is 59.3 Å². The van der Waals surface area contributed by atoms with E-state index in [9.17, 15) is 13.2 Å². The third-order valence-electron chi connectivity index (χ3n) is 1.98. The highest BCUT2D eigenvalue weighted by Crippen LogP contribution is 2.11. The summed E-state index contributed by atoms with van der Waals surface area (Å²) in [5, 5.41) is 0. The minimum atomic E-state index is -3.43. The van der Waals surface area contributed by atoms with E-state index in [-0.39, 0.29) is 26.4 Å². The molecule has 0 rings (SSSR count). The lowest BCUT2D eigenvalue weighted by atomic mass is 10.1. The van der Waals surface area contributed by atoms with Gasteiger partial charge in [0.2, 0.25) is 0 Å². The Morgan fingerprint density at radius 2 is 1.68 bits per heavy atom. The second-order valence-electron chi connectivity index (χ2n) is 4.22. The Bertz CT molecular complexity index is 361. The van der Waals surface area contributed by atoms with Gasteiger partial charge in [0, 0.05) is 0 Å². The van der Waals surface area contributed by atoms with Crippen LogP contribution in [0.5, 0.6) is 0 Å². The predicted octanol–water partition coefficient (Wildman–Crippen LogP) is 0.338. The maximum Gasteiger partial charge on any atom is 0.337 e. The van der Waals surface area contributed by atoms with E-state index < -0.39 is 21.7 Å². The number of esters is 1. The molecule has 8 heteroatoms. The normalized spacial score (nSPS) is 12.4. The first-order valence-corrected chi connectivity index (χ1v) is 7.74. The van der Waals surface area contributed by atoms with Crippen molar-refractivity contribution in [2.75, 3.05) is 39.3 Å². The van der Waals surface area contributed by atoms with Gasteiger partial charge in [-0.1, -0.05) is 0 Å². The average molecular weight is 298 g/mol. The lowest BCUT2D eigenvalue weighted by Gasteiger charge is -2.22. The van der Waals surface area contributed by atoms with Gasteiger partial charge in [0.15, 0.2) is 5.60 Å². The van der Waals surface area contributed by atoms with Crippen molar-refractivity contribution in [2.24, 2.45) is 0 Å². The van der Waals surface area contributed by atoms with Gasteiger partial charge in [-0.05, 0) is 20.8 Å². The molecule has 0 amide bonds. The molecular formula is C11H22O7S. The number of carbonyl (C=O) groups is 1. The van der Waals surface area contributed by atoms with E-state index in [4.69, 9.17) is 14.2 Å². The third-order valence-corrected chi connectivity index (χ3v) is 2.58. The lowest BCUT2D eigenvalue weighted by Crippen LogP contribution is -2.37. The first-order chi connectivity index (χ1) is 8.69. The maximum atomic E-state index is 11.5. The Kier molecular flexibility index (Phi) is 8.15. The molecule has 0 heterocycles. The molecule has 0 bridgehead atoms. The van der Waals surface area contributed by atoms with E-state index in [0.29, 0.717) is 6.61 Å². The van der Waals surface area contributed by atoms with Crippen LogP contribution in [0.4, 0.5) is 0 Å². The summed E-state index contributed by atoms with van der Waals surface area (Å²) in [5.74, 6) is -0.435. The number of carbonyl (C=O) groups excluding carboxylic acids is 1. The van der Waals surface area contributed by atoms with Crippen molar-refractivity contribution in [2.45, 2.75) is 26.4 Å². The van der Waals surface area contributed by atoms with Gasteiger partial charge in [-0.15, -0.1) is 0 Å². The highest BCUT2D eigenvalue weighted by atomic mass is 32.2.